The number of carbonyl (C=O) groups excluding carboxylic acids is 1. The second-order valence-electron chi connectivity index (χ2n) is 6.01. The van der Waals surface area contributed by atoms with Gasteiger partial charge in [0, 0.05) is 20.1 Å². The molecule has 4 nitrogen and oxygen atoms in total. The van der Waals surface area contributed by atoms with E-state index in [1.54, 1.807) is 7.11 Å². The van der Waals surface area contributed by atoms with Crippen molar-refractivity contribution >= 4 is 18.3 Å². The summed E-state index contributed by atoms with van der Waals surface area (Å²) in [6.45, 7) is 8.89. The summed E-state index contributed by atoms with van der Waals surface area (Å²) in [5.41, 5.74) is -0.284. The van der Waals surface area contributed by atoms with Crippen LogP contribution in [0.4, 0.5) is 0 Å². The second kappa shape index (κ2) is 8.77. The highest BCUT2D eigenvalue weighted by Crippen LogP contribution is 2.24. The highest BCUT2D eigenvalue weighted by Gasteiger charge is 2.23. The van der Waals surface area contributed by atoms with E-state index in [-0.39, 0.29) is 23.9 Å². The van der Waals surface area contributed by atoms with Gasteiger partial charge in [0.25, 0.3) is 0 Å². The third-order valence-corrected chi connectivity index (χ3v) is 3.96. The molecule has 114 valence electrons. The maximum absolute atomic E-state index is 11.9. The van der Waals surface area contributed by atoms with E-state index in [0.29, 0.717) is 24.8 Å². The van der Waals surface area contributed by atoms with Crippen molar-refractivity contribution in [2.45, 2.75) is 45.6 Å². The molecule has 0 radical (unpaired) electrons. The average Bonchev–Trinajstić information content (AvgIpc) is 2.37. The van der Waals surface area contributed by atoms with Crippen LogP contribution in [0, 0.1) is 11.8 Å². The average molecular weight is 293 g/mol. The van der Waals surface area contributed by atoms with Crippen LogP contribution >= 0.6 is 12.4 Å². The summed E-state index contributed by atoms with van der Waals surface area (Å²) in [5, 5.41) is 6.32. The Balaban J connectivity index is 0.00000324. The smallest absolute Gasteiger partial charge is 0.220 e. The van der Waals surface area contributed by atoms with Crippen molar-refractivity contribution in [1.29, 1.82) is 0 Å². The molecular weight excluding hydrogens is 264 g/mol. The number of carbonyl (C=O) groups is 1. The van der Waals surface area contributed by atoms with E-state index >= 15 is 0 Å². The molecule has 0 saturated carbocycles. The molecule has 1 fully saturated rings. The maximum atomic E-state index is 11.9. The Bertz CT molecular complexity index is 266. The monoisotopic (exact) mass is 292 g/mol. The standard InChI is InChI=1S/C14H28N2O2.ClH/c1-11(12-5-7-15-8-6-12)9-13(17)16-10-14(2,3)18-4;/h11-12,15H,5-10H2,1-4H3,(H,16,17);1H. The van der Waals surface area contributed by atoms with E-state index in [4.69, 9.17) is 4.74 Å². The topological polar surface area (TPSA) is 50.4 Å². The van der Waals surface area contributed by atoms with E-state index in [9.17, 15) is 4.79 Å². The minimum Gasteiger partial charge on any atom is -0.377 e. The van der Waals surface area contributed by atoms with Crippen LogP contribution in [0.3, 0.4) is 0 Å². The molecule has 0 aromatic heterocycles. The van der Waals surface area contributed by atoms with Crippen LogP contribution in [0.2, 0.25) is 0 Å². The van der Waals surface area contributed by atoms with Crippen LogP contribution in [0.5, 0.6) is 0 Å². The Hall–Kier alpha value is -0.320. The van der Waals surface area contributed by atoms with Crippen molar-refractivity contribution in [3.8, 4) is 0 Å². The fourth-order valence-corrected chi connectivity index (χ4v) is 2.33. The third kappa shape index (κ3) is 7.14. The van der Waals surface area contributed by atoms with E-state index in [1.807, 2.05) is 13.8 Å². The first-order valence-electron chi connectivity index (χ1n) is 6.97. The van der Waals surface area contributed by atoms with Gasteiger partial charge < -0.3 is 15.4 Å². The zero-order valence-electron chi connectivity index (χ0n) is 12.6. The van der Waals surface area contributed by atoms with Crippen LogP contribution < -0.4 is 10.6 Å². The Morgan fingerprint density at radius 1 is 1.42 bits per heavy atom. The molecule has 1 rings (SSSR count). The summed E-state index contributed by atoms with van der Waals surface area (Å²) in [7, 11) is 1.67. The number of hydrogen-bond acceptors (Lipinski definition) is 3. The SMILES string of the molecule is COC(C)(C)CNC(=O)CC(C)C1CCNCC1.Cl. The Morgan fingerprint density at radius 3 is 2.53 bits per heavy atom. The second-order valence-corrected chi connectivity index (χ2v) is 6.01. The molecule has 0 spiro atoms. The first-order chi connectivity index (χ1) is 8.44. The van der Waals surface area contributed by atoms with Gasteiger partial charge >= 0.3 is 0 Å². The zero-order chi connectivity index (χ0) is 13.6. The summed E-state index contributed by atoms with van der Waals surface area (Å²) in [6, 6.07) is 0. The largest absolute Gasteiger partial charge is 0.377 e. The third-order valence-electron chi connectivity index (χ3n) is 3.96. The number of hydrogen-bond donors (Lipinski definition) is 2. The van der Waals surface area contributed by atoms with E-state index in [1.165, 1.54) is 12.8 Å². The molecule has 0 aromatic rings. The number of halogens is 1. The summed E-state index contributed by atoms with van der Waals surface area (Å²) < 4.78 is 5.29. The molecule has 2 N–H and O–H groups in total. The van der Waals surface area contributed by atoms with Crippen molar-refractivity contribution in [3.63, 3.8) is 0 Å². The molecule has 5 heteroatoms. The predicted octanol–water partition coefficient (Wildman–Crippen LogP) is 1.98. The highest BCUT2D eigenvalue weighted by atomic mass is 35.5. The van der Waals surface area contributed by atoms with Crippen LogP contribution in [0.1, 0.15) is 40.0 Å². The van der Waals surface area contributed by atoms with Crippen molar-refractivity contribution in [3.05, 3.63) is 0 Å². The lowest BCUT2D eigenvalue weighted by molar-refractivity contribution is -0.123. The molecule has 0 aliphatic carbocycles. The molecule has 1 amide bonds. The summed E-state index contributed by atoms with van der Waals surface area (Å²) in [5.74, 6) is 1.30. The molecule has 1 heterocycles. The Labute approximate surface area is 123 Å². The number of piperidine rings is 1. The van der Waals surface area contributed by atoms with Gasteiger partial charge in [0.2, 0.25) is 5.91 Å². The van der Waals surface area contributed by atoms with Crippen molar-refractivity contribution in [2.24, 2.45) is 11.8 Å². The molecule has 1 atom stereocenters. The Kier molecular flexibility index (Phi) is 8.62. The lowest BCUT2D eigenvalue weighted by atomic mass is 9.84. The number of methoxy groups -OCH3 is 1. The summed E-state index contributed by atoms with van der Waals surface area (Å²) >= 11 is 0. The molecular formula is C14H29ClN2O2. The van der Waals surface area contributed by atoms with Crippen molar-refractivity contribution in [1.82, 2.24) is 10.6 Å². The lowest BCUT2D eigenvalue weighted by Crippen LogP contribution is -2.40. The van der Waals surface area contributed by atoms with Gasteiger partial charge in [-0.05, 0) is 51.6 Å². The van der Waals surface area contributed by atoms with Crippen molar-refractivity contribution in [2.75, 3.05) is 26.7 Å². The van der Waals surface area contributed by atoms with Crippen LogP contribution in [-0.4, -0.2) is 38.3 Å². The fraction of sp³-hybridized carbons (Fsp3) is 0.929. The van der Waals surface area contributed by atoms with E-state index in [0.717, 1.165) is 13.1 Å². The van der Waals surface area contributed by atoms with E-state index < -0.39 is 0 Å². The quantitative estimate of drug-likeness (QED) is 0.787. The number of nitrogens with one attached hydrogen (secondary N) is 2. The first-order valence-corrected chi connectivity index (χ1v) is 6.97. The number of rotatable bonds is 6. The molecule has 1 unspecified atom stereocenters. The first kappa shape index (κ1) is 18.7. The summed E-state index contributed by atoms with van der Waals surface area (Å²) in [6.07, 6.45) is 3.01. The van der Waals surface area contributed by atoms with Gasteiger partial charge in [-0.2, -0.15) is 0 Å². The molecule has 1 aliphatic heterocycles. The lowest BCUT2D eigenvalue weighted by Gasteiger charge is -2.28. The predicted molar refractivity (Wildman–Crippen MR) is 80.7 cm³/mol. The fourth-order valence-electron chi connectivity index (χ4n) is 2.33. The zero-order valence-corrected chi connectivity index (χ0v) is 13.4. The van der Waals surface area contributed by atoms with Crippen LogP contribution in [0.25, 0.3) is 0 Å². The van der Waals surface area contributed by atoms with E-state index in [2.05, 4.69) is 17.6 Å². The van der Waals surface area contributed by atoms with Crippen LogP contribution in [0.15, 0.2) is 0 Å². The normalized spacial score (nSPS) is 18.5. The van der Waals surface area contributed by atoms with Gasteiger partial charge in [-0.3, -0.25) is 4.79 Å². The molecule has 0 aromatic carbocycles. The van der Waals surface area contributed by atoms with Gasteiger partial charge in [-0.25, -0.2) is 0 Å². The van der Waals surface area contributed by atoms with Gasteiger partial charge in [0.05, 0.1) is 5.60 Å². The molecule has 19 heavy (non-hydrogen) atoms. The molecule has 1 saturated heterocycles. The van der Waals surface area contributed by atoms with Gasteiger partial charge in [0.1, 0.15) is 0 Å². The van der Waals surface area contributed by atoms with Crippen LogP contribution in [-0.2, 0) is 9.53 Å². The van der Waals surface area contributed by atoms with Crippen molar-refractivity contribution < 1.29 is 9.53 Å². The van der Waals surface area contributed by atoms with Gasteiger partial charge in [0.15, 0.2) is 0 Å². The maximum Gasteiger partial charge on any atom is 0.220 e. The highest BCUT2D eigenvalue weighted by molar-refractivity contribution is 5.85. The summed E-state index contributed by atoms with van der Waals surface area (Å²) in [4.78, 5) is 11.9. The minimum absolute atomic E-state index is 0. The molecule has 1 aliphatic rings. The number of ether oxygens (including phenoxy) is 1. The molecule has 0 bridgehead atoms. The Morgan fingerprint density at radius 2 is 2.00 bits per heavy atom. The van der Waals surface area contributed by atoms with Gasteiger partial charge in [-0.15, -0.1) is 12.4 Å². The van der Waals surface area contributed by atoms with Gasteiger partial charge in [-0.1, -0.05) is 6.92 Å². The number of amides is 1. The minimum atomic E-state index is -0.284.